The average Bonchev–Trinajstić information content (AvgIpc) is 2.53. The van der Waals surface area contributed by atoms with E-state index in [4.69, 9.17) is 4.74 Å². The van der Waals surface area contributed by atoms with E-state index in [0.29, 0.717) is 5.56 Å². The van der Waals surface area contributed by atoms with E-state index in [2.05, 4.69) is 12.2 Å². The molecule has 0 radical (unpaired) electrons. The van der Waals surface area contributed by atoms with Gasteiger partial charge in [0.1, 0.15) is 5.75 Å². The number of carbonyl (C=O) groups is 1. The predicted molar refractivity (Wildman–Crippen MR) is 79.9 cm³/mol. The summed E-state index contributed by atoms with van der Waals surface area (Å²) in [6, 6.07) is 17.2. The van der Waals surface area contributed by atoms with Crippen molar-refractivity contribution in [2.45, 2.75) is 19.4 Å². The maximum absolute atomic E-state index is 12.2. The Morgan fingerprint density at radius 3 is 2.30 bits per heavy atom. The van der Waals surface area contributed by atoms with Gasteiger partial charge in [0, 0.05) is 5.56 Å². The van der Waals surface area contributed by atoms with Crippen LogP contribution in [0.25, 0.3) is 0 Å². The van der Waals surface area contributed by atoms with Crippen LogP contribution in [-0.4, -0.2) is 13.0 Å². The van der Waals surface area contributed by atoms with Gasteiger partial charge in [-0.05, 0) is 36.2 Å². The molecule has 0 saturated carbocycles. The molecule has 1 amide bonds. The molecule has 20 heavy (non-hydrogen) atoms. The molecule has 1 unspecified atom stereocenters. The summed E-state index contributed by atoms with van der Waals surface area (Å²) in [6.07, 6.45) is 0.853. The second kappa shape index (κ2) is 6.75. The van der Waals surface area contributed by atoms with Crippen molar-refractivity contribution in [3.8, 4) is 5.75 Å². The Kier molecular flexibility index (Phi) is 4.77. The highest BCUT2D eigenvalue weighted by Crippen LogP contribution is 2.17. The van der Waals surface area contributed by atoms with E-state index in [1.54, 1.807) is 31.4 Å². The van der Waals surface area contributed by atoms with Crippen LogP contribution in [0, 0.1) is 0 Å². The van der Waals surface area contributed by atoms with Crippen molar-refractivity contribution in [2.24, 2.45) is 0 Å². The van der Waals surface area contributed by atoms with E-state index in [9.17, 15) is 4.79 Å². The molecule has 1 atom stereocenters. The molecule has 0 aliphatic carbocycles. The third-order valence-electron chi connectivity index (χ3n) is 3.27. The number of methoxy groups -OCH3 is 1. The van der Waals surface area contributed by atoms with Gasteiger partial charge in [-0.1, -0.05) is 37.3 Å². The number of amides is 1. The highest BCUT2D eigenvalue weighted by Gasteiger charge is 2.13. The maximum Gasteiger partial charge on any atom is 0.251 e. The molecule has 2 aromatic carbocycles. The van der Waals surface area contributed by atoms with Crippen LogP contribution in [0.3, 0.4) is 0 Å². The van der Waals surface area contributed by atoms with Gasteiger partial charge in [0.05, 0.1) is 13.2 Å². The van der Waals surface area contributed by atoms with E-state index < -0.39 is 0 Å². The summed E-state index contributed by atoms with van der Waals surface area (Å²) in [4.78, 5) is 12.2. The van der Waals surface area contributed by atoms with Crippen LogP contribution in [0.4, 0.5) is 0 Å². The second-order valence-corrected chi connectivity index (χ2v) is 4.57. The van der Waals surface area contributed by atoms with Crippen molar-refractivity contribution in [1.82, 2.24) is 5.32 Å². The molecule has 1 N–H and O–H groups in total. The Morgan fingerprint density at radius 2 is 1.75 bits per heavy atom. The van der Waals surface area contributed by atoms with Gasteiger partial charge in [-0.25, -0.2) is 0 Å². The Hall–Kier alpha value is -2.29. The zero-order valence-corrected chi connectivity index (χ0v) is 11.8. The molecule has 3 heteroatoms. The fourth-order valence-electron chi connectivity index (χ4n) is 2.09. The first-order valence-corrected chi connectivity index (χ1v) is 6.74. The van der Waals surface area contributed by atoms with Crippen LogP contribution >= 0.6 is 0 Å². The van der Waals surface area contributed by atoms with Gasteiger partial charge in [0.25, 0.3) is 5.91 Å². The molecule has 0 aliphatic heterocycles. The first-order chi connectivity index (χ1) is 9.74. The summed E-state index contributed by atoms with van der Waals surface area (Å²) in [5.41, 5.74) is 1.76. The average molecular weight is 269 g/mol. The minimum atomic E-state index is -0.0663. The summed E-state index contributed by atoms with van der Waals surface area (Å²) >= 11 is 0. The van der Waals surface area contributed by atoms with Gasteiger partial charge in [0.15, 0.2) is 0 Å². The summed E-state index contributed by atoms with van der Waals surface area (Å²) in [7, 11) is 1.61. The Morgan fingerprint density at radius 1 is 1.10 bits per heavy atom. The van der Waals surface area contributed by atoms with Crippen molar-refractivity contribution >= 4 is 5.91 Å². The molecule has 0 aliphatic rings. The SMILES string of the molecule is CCC(NC(=O)c1ccc(OC)cc1)c1ccccc1. The molecular weight excluding hydrogens is 250 g/mol. The molecule has 2 aromatic rings. The van der Waals surface area contributed by atoms with Crippen LogP contribution in [0.1, 0.15) is 35.3 Å². The topological polar surface area (TPSA) is 38.3 Å². The molecule has 0 spiro atoms. The lowest BCUT2D eigenvalue weighted by Crippen LogP contribution is -2.28. The number of hydrogen-bond acceptors (Lipinski definition) is 2. The van der Waals surface area contributed by atoms with Gasteiger partial charge in [-0.2, -0.15) is 0 Å². The largest absolute Gasteiger partial charge is 0.497 e. The quantitative estimate of drug-likeness (QED) is 0.901. The summed E-state index contributed by atoms with van der Waals surface area (Å²) in [5, 5.41) is 3.06. The van der Waals surface area contributed by atoms with E-state index in [1.165, 1.54) is 0 Å². The molecule has 2 rings (SSSR count). The van der Waals surface area contributed by atoms with E-state index in [1.807, 2.05) is 30.3 Å². The van der Waals surface area contributed by atoms with Crippen LogP contribution < -0.4 is 10.1 Å². The van der Waals surface area contributed by atoms with Crippen molar-refractivity contribution in [1.29, 1.82) is 0 Å². The van der Waals surface area contributed by atoms with Gasteiger partial charge < -0.3 is 10.1 Å². The van der Waals surface area contributed by atoms with E-state index in [-0.39, 0.29) is 11.9 Å². The predicted octanol–water partition coefficient (Wildman–Crippen LogP) is 3.58. The van der Waals surface area contributed by atoms with Crippen molar-refractivity contribution in [3.05, 3.63) is 65.7 Å². The smallest absolute Gasteiger partial charge is 0.251 e. The van der Waals surface area contributed by atoms with Gasteiger partial charge in [-0.15, -0.1) is 0 Å². The fourth-order valence-corrected chi connectivity index (χ4v) is 2.09. The number of rotatable bonds is 5. The van der Waals surface area contributed by atoms with E-state index in [0.717, 1.165) is 17.7 Å². The maximum atomic E-state index is 12.2. The third-order valence-corrected chi connectivity index (χ3v) is 3.27. The third kappa shape index (κ3) is 3.38. The normalized spacial score (nSPS) is 11.7. The zero-order valence-electron chi connectivity index (χ0n) is 11.8. The molecular formula is C17H19NO2. The van der Waals surface area contributed by atoms with Gasteiger partial charge >= 0.3 is 0 Å². The Labute approximate surface area is 119 Å². The van der Waals surface area contributed by atoms with Crippen molar-refractivity contribution in [3.63, 3.8) is 0 Å². The lowest BCUT2D eigenvalue weighted by Gasteiger charge is -2.17. The molecule has 0 fully saturated rings. The van der Waals surface area contributed by atoms with E-state index >= 15 is 0 Å². The Bertz CT molecular complexity index is 549. The molecule has 104 valence electrons. The summed E-state index contributed by atoms with van der Waals surface area (Å²) in [5.74, 6) is 0.681. The van der Waals surface area contributed by atoms with Crippen LogP contribution in [0.15, 0.2) is 54.6 Å². The summed E-state index contributed by atoms with van der Waals surface area (Å²) < 4.78 is 5.09. The summed E-state index contributed by atoms with van der Waals surface area (Å²) in [6.45, 7) is 2.06. The molecule has 0 saturated heterocycles. The van der Waals surface area contributed by atoms with Crippen molar-refractivity contribution in [2.75, 3.05) is 7.11 Å². The highest BCUT2D eigenvalue weighted by atomic mass is 16.5. The number of hydrogen-bond donors (Lipinski definition) is 1. The highest BCUT2D eigenvalue weighted by molar-refractivity contribution is 5.94. The first-order valence-electron chi connectivity index (χ1n) is 6.74. The number of benzene rings is 2. The fraction of sp³-hybridized carbons (Fsp3) is 0.235. The molecule has 0 bridgehead atoms. The van der Waals surface area contributed by atoms with Gasteiger partial charge in [-0.3, -0.25) is 4.79 Å². The first kappa shape index (κ1) is 14.1. The van der Waals surface area contributed by atoms with Crippen molar-refractivity contribution < 1.29 is 9.53 Å². The van der Waals surface area contributed by atoms with Crippen LogP contribution in [-0.2, 0) is 0 Å². The van der Waals surface area contributed by atoms with Gasteiger partial charge in [0.2, 0.25) is 0 Å². The number of ether oxygens (including phenoxy) is 1. The minimum absolute atomic E-state index is 0.0331. The Balaban J connectivity index is 2.09. The number of carbonyl (C=O) groups excluding carboxylic acids is 1. The molecule has 0 aromatic heterocycles. The van der Waals surface area contributed by atoms with Crippen LogP contribution in [0.2, 0.25) is 0 Å². The monoisotopic (exact) mass is 269 g/mol. The standard InChI is InChI=1S/C17H19NO2/c1-3-16(13-7-5-4-6-8-13)18-17(19)14-9-11-15(20-2)12-10-14/h4-12,16H,3H2,1-2H3,(H,18,19). The minimum Gasteiger partial charge on any atom is -0.497 e. The molecule has 0 heterocycles. The lowest BCUT2D eigenvalue weighted by molar-refractivity contribution is 0.0935. The molecule has 3 nitrogen and oxygen atoms in total. The zero-order chi connectivity index (χ0) is 14.4. The number of nitrogens with one attached hydrogen (secondary N) is 1. The van der Waals surface area contributed by atoms with Crippen LogP contribution in [0.5, 0.6) is 5.75 Å². The lowest BCUT2D eigenvalue weighted by atomic mass is 10.0. The second-order valence-electron chi connectivity index (χ2n) is 4.57.